The Morgan fingerprint density at radius 1 is 1.27 bits per heavy atom. The van der Waals surface area contributed by atoms with Crippen LogP contribution in [0.3, 0.4) is 0 Å². The number of rotatable bonds is 3. The lowest BCUT2D eigenvalue weighted by Gasteiger charge is -2.17. The second-order valence-electron chi connectivity index (χ2n) is 6.15. The monoisotopic (exact) mass is 314 g/mol. The van der Waals surface area contributed by atoms with Crippen LogP contribution in [0.15, 0.2) is 29.6 Å². The summed E-state index contributed by atoms with van der Waals surface area (Å²) in [7, 11) is 1.62. The van der Waals surface area contributed by atoms with Crippen LogP contribution in [0.5, 0.6) is 5.75 Å². The maximum Gasteiger partial charge on any atom is 0.195 e. The van der Waals surface area contributed by atoms with E-state index in [-0.39, 0.29) is 5.41 Å². The number of hydrogen-bond donors (Lipinski definition) is 0. The number of aldehydes is 1. The van der Waals surface area contributed by atoms with Crippen LogP contribution < -0.4 is 4.74 Å². The quantitative estimate of drug-likeness (QED) is 0.681. The molecule has 114 valence electrons. The molecule has 0 spiro atoms. The molecule has 0 N–H and O–H groups in total. The van der Waals surface area contributed by atoms with Crippen LogP contribution in [-0.2, 0) is 5.41 Å². The van der Waals surface area contributed by atoms with E-state index in [4.69, 9.17) is 4.74 Å². The highest BCUT2D eigenvalue weighted by atomic mass is 32.1. The predicted molar refractivity (Wildman–Crippen MR) is 89.1 cm³/mol. The summed E-state index contributed by atoms with van der Waals surface area (Å²) in [5, 5.41) is 2.07. The molecule has 0 aliphatic heterocycles. The summed E-state index contributed by atoms with van der Waals surface area (Å²) in [4.78, 5) is 17.2. The second kappa shape index (κ2) is 5.25. The maximum atomic E-state index is 11.8. The summed E-state index contributed by atoms with van der Waals surface area (Å²) in [6, 6.07) is 7.63. The van der Waals surface area contributed by atoms with Crippen molar-refractivity contribution in [3.05, 3.63) is 41.0 Å². The molecule has 0 bridgehead atoms. The first-order valence-corrected chi connectivity index (χ1v) is 7.94. The summed E-state index contributed by atoms with van der Waals surface area (Å²) < 4.78 is 7.37. The maximum absolute atomic E-state index is 11.8. The first kappa shape index (κ1) is 14.8. The van der Waals surface area contributed by atoms with E-state index in [9.17, 15) is 4.79 Å². The topological polar surface area (TPSA) is 43.6 Å². The van der Waals surface area contributed by atoms with Crippen LogP contribution in [0.2, 0.25) is 0 Å². The van der Waals surface area contributed by atoms with Crippen molar-refractivity contribution in [3.8, 4) is 17.0 Å². The van der Waals surface area contributed by atoms with Crippen molar-refractivity contribution in [3.63, 3.8) is 0 Å². The standard InChI is InChI=1S/C17H18N2O2S/c1-17(2,3)14-10-22-16-18-15(12(9-20)19(14)16)11-7-5-6-8-13(11)21-4/h5-10H,1-4H3. The number of carbonyl (C=O) groups is 1. The second-order valence-corrected chi connectivity index (χ2v) is 6.99. The van der Waals surface area contributed by atoms with Gasteiger partial charge in [-0.1, -0.05) is 32.9 Å². The average Bonchev–Trinajstić information content (AvgIpc) is 3.04. The number of para-hydroxylation sites is 1. The molecular weight excluding hydrogens is 296 g/mol. The van der Waals surface area contributed by atoms with Gasteiger partial charge in [0.25, 0.3) is 0 Å². The normalized spacial score (nSPS) is 11.8. The van der Waals surface area contributed by atoms with E-state index in [1.165, 1.54) is 0 Å². The van der Waals surface area contributed by atoms with Gasteiger partial charge in [-0.05, 0) is 12.1 Å². The molecule has 0 saturated carbocycles. The fraction of sp³-hybridized carbons (Fsp3) is 0.294. The number of carbonyl (C=O) groups excluding carboxylic acids is 1. The molecule has 0 amide bonds. The molecule has 0 saturated heterocycles. The number of aromatic nitrogens is 2. The van der Waals surface area contributed by atoms with Gasteiger partial charge in [0.2, 0.25) is 0 Å². The number of hydrogen-bond acceptors (Lipinski definition) is 4. The molecule has 0 unspecified atom stereocenters. The van der Waals surface area contributed by atoms with E-state index < -0.39 is 0 Å². The smallest absolute Gasteiger partial charge is 0.195 e. The summed E-state index contributed by atoms with van der Waals surface area (Å²) in [6.45, 7) is 6.39. The van der Waals surface area contributed by atoms with Gasteiger partial charge in [-0.2, -0.15) is 0 Å². The Labute approximate surface area is 133 Å². The summed E-state index contributed by atoms with van der Waals surface area (Å²) in [5.74, 6) is 0.716. The molecule has 1 aromatic carbocycles. The zero-order valence-corrected chi connectivity index (χ0v) is 13.9. The van der Waals surface area contributed by atoms with Gasteiger partial charge in [-0.3, -0.25) is 9.20 Å². The van der Waals surface area contributed by atoms with E-state index in [1.54, 1.807) is 18.4 Å². The fourth-order valence-electron chi connectivity index (χ4n) is 2.54. The van der Waals surface area contributed by atoms with Crippen molar-refractivity contribution in [2.75, 3.05) is 7.11 Å². The highest BCUT2D eigenvalue weighted by Gasteiger charge is 2.25. The summed E-state index contributed by atoms with van der Waals surface area (Å²) in [6.07, 6.45) is 0.879. The van der Waals surface area contributed by atoms with E-state index in [1.807, 2.05) is 28.7 Å². The Balaban J connectivity index is 2.32. The Morgan fingerprint density at radius 3 is 2.64 bits per heavy atom. The number of thiazole rings is 1. The van der Waals surface area contributed by atoms with E-state index in [0.29, 0.717) is 17.1 Å². The van der Waals surface area contributed by atoms with Gasteiger partial charge >= 0.3 is 0 Å². The van der Waals surface area contributed by atoms with Gasteiger partial charge in [0.05, 0.1) is 7.11 Å². The molecule has 5 heteroatoms. The van der Waals surface area contributed by atoms with Gasteiger partial charge in [-0.25, -0.2) is 4.98 Å². The molecule has 4 nitrogen and oxygen atoms in total. The lowest BCUT2D eigenvalue weighted by atomic mass is 9.93. The van der Waals surface area contributed by atoms with Crippen LogP contribution >= 0.6 is 11.3 Å². The molecule has 2 heterocycles. The van der Waals surface area contributed by atoms with Crippen LogP contribution in [0.25, 0.3) is 16.2 Å². The van der Waals surface area contributed by atoms with Crippen molar-refractivity contribution in [1.29, 1.82) is 0 Å². The van der Waals surface area contributed by atoms with Crippen LogP contribution in [-0.4, -0.2) is 22.8 Å². The Bertz CT molecular complexity index is 840. The van der Waals surface area contributed by atoms with E-state index >= 15 is 0 Å². The van der Waals surface area contributed by atoms with Gasteiger partial charge in [0.15, 0.2) is 11.2 Å². The number of methoxy groups -OCH3 is 1. The lowest BCUT2D eigenvalue weighted by Crippen LogP contribution is -2.15. The minimum atomic E-state index is -0.0608. The minimum Gasteiger partial charge on any atom is -0.496 e. The molecule has 22 heavy (non-hydrogen) atoms. The van der Waals surface area contributed by atoms with E-state index in [0.717, 1.165) is 22.5 Å². The number of fused-ring (bicyclic) bond motifs is 1. The molecule has 3 rings (SSSR count). The summed E-state index contributed by atoms with van der Waals surface area (Å²) in [5.41, 5.74) is 3.11. The van der Waals surface area contributed by atoms with Crippen LogP contribution in [0.1, 0.15) is 37.0 Å². The van der Waals surface area contributed by atoms with Crippen molar-refractivity contribution in [2.45, 2.75) is 26.2 Å². The molecule has 0 atom stereocenters. The largest absolute Gasteiger partial charge is 0.496 e. The molecular formula is C17H18N2O2S. The first-order valence-electron chi connectivity index (χ1n) is 7.06. The third-order valence-electron chi connectivity index (χ3n) is 3.64. The number of benzene rings is 1. The van der Waals surface area contributed by atoms with Crippen molar-refractivity contribution < 1.29 is 9.53 Å². The molecule has 0 radical (unpaired) electrons. The van der Waals surface area contributed by atoms with Gasteiger partial charge in [-0.15, -0.1) is 11.3 Å². The van der Waals surface area contributed by atoms with Gasteiger partial charge in [0.1, 0.15) is 17.1 Å². The Hall–Kier alpha value is -2.14. The third kappa shape index (κ3) is 2.22. The molecule has 0 aliphatic carbocycles. The molecule has 2 aromatic heterocycles. The van der Waals surface area contributed by atoms with Crippen molar-refractivity contribution >= 4 is 22.6 Å². The number of nitrogens with zero attached hydrogens (tertiary/aromatic N) is 2. The van der Waals surface area contributed by atoms with Crippen molar-refractivity contribution in [2.24, 2.45) is 0 Å². The number of imidazole rings is 1. The van der Waals surface area contributed by atoms with E-state index in [2.05, 4.69) is 31.1 Å². The SMILES string of the molecule is COc1ccccc1-c1nc2scc(C(C)(C)C)n2c1C=O. The highest BCUT2D eigenvalue weighted by molar-refractivity contribution is 7.15. The minimum absolute atomic E-state index is 0.0608. The molecule has 0 aliphatic rings. The molecule has 0 fully saturated rings. The number of ether oxygens (including phenoxy) is 1. The van der Waals surface area contributed by atoms with Crippen molar-refractivity contribution in [1.82, 2.24) is 9.38 Å². The predicted octanol–water partition coefficient (Wildman–Crippen LogP) is 4.18. The summed E-state index contributed by atoms with van der Waals surface area (Å²) >= 11 is 1.55. The lowest BCUT2D eigenvalue weighted by molar-refractivity contribution is 0.111. The first-order chi connectivity index (χ1) is 10.5. The van der Waals surface area contributed by atoms with Crippen LogP contribution in [0.4, 0.5) is 0 Å². The Morgan fingerprint density at radius 2 is 2.00 bits per heavy atom. The highest BCUT2D eigenvalue weighted by Crippen LogP contribution is 2.35. The van der Waals surface area contributed by atoms with Gasteiger partial charge < -0.3 is 4.74 Å². The average molecular weight is 314 g/mol. The Kier molecular flexibility index (Phi) is 3.53. The zero-order chi connectivity index (χ0) is 15.9. The molecule has 3 aromatic rings. The fourth-order valence-corrected chi connectivity index (χ4v) is 3.67. The third-order valence-corrected chi connectivity index (χ3v) is 4.47. The van der Waals surface area contributed by atoms with Gasteiger partial charge in [0, 0.05) is 22.1 Å². The zero-order valence-electron chi connectivity index (χ0n) is 13.1. The van der Waals surface area contributed by atoms with Crippen LogP contribution in [0, 0.1) is 0 Å².